The highest BCUT2D eigenvalue weighted by atomic mass is 14.6. The standard InChI is InChI=1S/C33H58/c1-7-8-9-10-14-26-19-21-32(5)27(23-26)15-16-28-30-18-17-29(25(4)13-11-12-24(2)3)33(30,6)22-20-31(28)32/h15,24-26,28-31H,7-14,16-23H2,1-6H3/t25-,26+,28+,29?,30+,31?,32?,33?/m1/s1. The lowest BCUT2D eigenvalue weighted by Gasteiger charge is -2.58. The fraction of sp³-hybridized carbons (Fsp3) is 0.939. The zero-order chi connectivity index (χ0) is 23.6. The van der Waals surface area contributed by atoms with Crippen LogP contribution >= 0.6 is 0 Å². The van der Waals surface area contributed by atoms with Gasteiger partial charge in [0.1, 0.15) is 0 Å². The first kappa shape index (κ1) is 25.8. The topological polar surface area (TPSA) is 0 Å². The Morgan fingerprint density at radius 2 is 1.70 bits per heavy atom. The van der Waals surface area contributed by atoms with Gasteiger partial charge >= 0.3 is 0 Å². The predicted molar refractivity (Wildman–Crippen MR) is 145 cm³/mol. The smallest absolute Gasteiger partial charge is 0.00851 e. The molecule has 0 bridgehead atoms. The van der Waals surface area contributed by atoms with Crippen molar-refractivity contribution < 1.29 is 0 Å². The van der Waals surface area contributed by atoms with Gasteiger partial charge in [0.25, 0.3) is 0 Å². The van der Waals surface area contributed by atoms with Gasteiger partial charge in [-0.25, -0.2) is 0 Å². The van der Waals surface area contributed by atoms with Crippen LogP contribution in [0.3, 0.4) is 0 Å². The van der Waals surface area contributed by atoms with Gasteiger partial charge in [-0.3, -0.25) is 0 Å². The Bertz CT molecular complexity index is 657. The highest BCUT2D eigenvalue weighted by molar-refractivity contribution is 5.25. The van der Waals surface area contributed by atoms with E-state index in [9.17, 15) is 0 Å². The average Bonchev–Trinajstić information content (AvgIpc) is 3.14. The fourth-order valence-electron chi connectivity index (χ4n) is 9.87. The molecule has 0 heterocycles. The molecule has 3 fully saturated rings. The van der Waals surface area contributed by atoms with Gasteiger partial charge in [-0.1, -0.05) is 105 Å². The third-order valence-electron chi connectivity index (χ3n) is 11.9. The summed E-state index contributed by atoms with van der Waals surface area (Å²) < 4.78 is 0. The summed E-state index contributed by atoms with van der Waals surface area (Å²) >= 11 is 0. The van der Waals surface area contributed by atoms with E-state index in [0.29, 0.717) is 10.8 Å². The molecule has 0 saturated heterocycles. The second kappa shape index (κ2) is 10.8. The van der Waals surface area contributed by atoms with Crippen molar-refractivity contribution in [2.75, 3.05) is 0 Å². The van der Waals surface area contributed by atoms with E-state index in [0.717, 1.165) is 41.4 Å². The lowest BCUT2D eigenvalue weighted by atomic mass is 9.46. The minimum absolute atomic E-state index is 0.547. The molecule has 4 aliphatic carbocycles. The maximum Gasteiger partial charge on any atom is -0.00851 e. The largest absolute Gasteiger partial charge is 0.0845 e. The molecular weight excluding hydrogens is 396 g/mol. The fourth-order valence-corrected chi connectivity index (χ4v) is 9.87. The Morgan fingerprint density at radius 1 is 0.879 bits per heavy atom. The maximum absolute atomic E-state index is 2.81. The Kier molecular flexibility index (Phi) is 8.44. The Labute approximate surface area is 208 Å². The Morgan fingerprint density at radius 3 is 2.45 bits per heavy atom. The van der Waals surface area contributed by atoms with Crippen molar-refractivity contribution >= 4 is 0 Å². The van der Waals surface area contributed by atoms with Crippen LogP contribution < -0.4 is 0 Å². The predicted octanol–water partition coefficient (Wildman–Crippen LogP) is 10.6. The Balaban J connectivity index is 1.40. The lowest BCUT2D eigenvalue weighted by Crippen LogP contribution is -2.50. The first-order chi connectivity index (χ1) is 15.8. The molecule has 4 rings (SSSR count). The average molecular weight is 455 g/mol. The molecular formula is C33H58. The van der Waals surface area contributed by atoms with Gasteiger partial charge in [0, 0.05) is 0 Å². The monoisotopic (exact) mass is 454 g/mol. The van der Waals surface area contributed by atoms with E-state index < -0.39 is 0 Å². The van der Waals surface area contributed by atoms with Crippen LogP contribution in [0.5, 0.6) is 0 Å². The van der Waals surface area contributed by atoms with Crippen LogP contribution in [0.4, 0.5) is 0 Å². The third kappa shape index (κ3) is 5.16. The van der Waals surface area contributed by atoms with Gasteiger partial charge in [-0.15, -0.1) is 0 Å². The minimum Gasteiger partial charge on any atom is -0.0845 e. The molecule has 0 aromatic heterocycles. The summed E-state index contributed by atoms with van der Waals surface area (Å²) in [5, 5.41) is 0. The number of unbranched alkanes of at least 4 members (excludes halogenated alkanes) is 3. The van der Waals surface area contributed by atoms with Crippen molar-refractivity contribution in [3.8, 4) is 0 Å². The molecule has 190 valence electrons. The molecule has 0 heteroatoms. The van der Waals surface area contributed by atoms with Crippen LogP contribution in [0.15, 0.2) is 11.6 Å². The van der Waals surface area contributed by atoms with E-state index in [1.807, 2.05) is 5.57 Å². The highest BCUT2D eigenvalue weighted by Gasteiger charge is 2.59. The quantitative estimate of drug-likeness (QED) is 0.227. The maximum atomic E-state index is 2.81. The molecule has 0 radical (unpaired) electrons. The highest BCUT2D eigenvalue weighted by Crippen LogP contribution is 2.67. The second-order valence-electron chi connectivity index (χ2n) is 14.2. The molecule has 0 spiro atoms. The lowest BCUT2D eigenvalue weighted by molar-refractivity contribution is -0.0529. The van der Waals surface area contributed by atoms with Gasteiger partial charge in [-0.05, 0) is 104 Å². The van der Waals surface area contributed by atoms with Gasteiger partial charge in [-0.2, -0.15) is 0 Å². The van der Waals surface area contributed by atoms with Gasteiger partial charge in [0.2, 0.25) is 0 Å². The molecule has 4 aliphatic rings. The van der Waals surface area contributed by atoms with Gasteiger partial charge in [0.05, 0.1) is 0 Å². The van der Waals surface area contributed by atoms with Crippen molar-refractivity contribution in [3.05, 3.63) is 11.6 Å². The molecule has 0 amide bonds. The Hall–Kier alpha value is -0.260. The van der Waals surface area contributed by atoms with Crippen molar-refractivity contribution in [1.29, 1.82) is 0 Å². The molecule has 4 unspecified atom stereocenters. The first-order valence-corrected chi connectivity index (χ1v) is 15.5. The molecule has 0 aliphatic heterocycles. The zero-order valence-corrected chi connectivity index (χ0v) is 23.4. The summed E-state index contributed by atoms with van der Waals surface area (Å²) in [6, 6.07) is 0. The van der Waals surface area contributed by atoms with Gasteiger partial charge < -0.3 is 0 Å². The van der Waals surface area contributed by atoms with E-state index in [2.05, 4.69) is 47.6 Å². The molecule has 3 saturated carbocycles. The third-order valence-corrected chi connectivity index (χ3v) is 11.9. The van der Waals surface area contributed by atoms with Crippen LogP contribution in [0.2, 0.25) is 0 Å². The van der Waals surface area contributed by atoms with Crippen LogP contribution in [-0.4, -0.2) is 0 Å². The number of fused-ring (bicyclic) bond motifs is 5. The molecule has 0 aromatic carbocycles. The summed E-state index contributed by atoms with van der Waals surface area (Å²) in [5.41, 5.74) is 3.09. The van der Waals surface area contributed by atoms with E-state index >= 15 is 0 Å². The van der Waals surface area contributed by atoms with E-state index in [4.69, 9.17) is 0 Å². The van der Waals surface area contributed by atoms with Crippen LogP contribution in [0.1, 0.15) is 144 Å². The van der Waals surface area contributed by atoms with E-state index in [1.165, 1.54) is 103 Å². The number of hydrogen-bond acceptors (Lipinski definition) is 0. The zero-order valence-electron chi connectivity index (χ0n) is 23.4. The molecule has 8 atom stereocenters. The van der Waals surface area contributed by atoms with Crippen molar-refractivity contribution in [2.45, 2.75) is 144 Å². The van der Waals surface area contributed by atoms with Crippen molar-refractivity contribution in [3.63, 3.8) is 0 Å². The first-order valence-electron chi connectivity index (χ1n) is 15.5. The van der Waals surface area contributed by atoms with E-state index in [-0.39, 0.29) is 0 Å². The molecule has 33 heavy (non-hydrogen) atoms. The van der Waals surface area contributed by atoms with Crippen LogP contribution in [-0.2, 0) is 0 Å². The van der Waals surface area contributed by atoms with Crippen LogP contribution in [0, 0.1) is 52.3 Å². The van der Waals surface area contributed by atoms with Crippen molar-refractivity contribution in [2.24, 2.45) is 52.3 Å². The summed E-state index contributed by atoms with van der Waals surface area (Å²) in [5.74, 6) is 6.79. The summed E-state index contributed by atoms with van der Waals surface area (Å²) in [4.78, 5) is 0. The summed E-state index contributed by atoms with van der Waals surface area (Å²) in [6.45, 7) is 15.2. The molecule has 0 aromatic rings. The summed E-state index contributed by atoms with van der Waals surface area (Å²) in [7, 11) is 0. The van der Waals surface area contributed by atoms with Crippen LogP contribution in [0.25, 0.3) is 0 Å². The minimum atomic E-state index is 0.547. The number of hydrogen-bond donors (Lipinski definition) is 0. The SMILES string of the molecule is CCCCCC[C@H]1CCC2(C)C(=CC[C@@H]3C2CCC2(C)C([C@H](C)CCCC(C)C)CC[C@@H]32)C1. The molecule has 0 nitrogen and oxygen atoms in total. The van der Waals surface area contributed by atoms with Gasteiger partial charge in [0.15, 0.2) is 0 Å². The number of rotatable bonds is 10. The number of allylic oxidation sites excluding steroid dienone is 2. The van der Waals surface area contributed by atoms with Crippen molar-refractivity contribution in [1.82, 2.24) is 0 Å². The second-order valence-corrected chi connectivity index (χ2v) is 14.2. The molecule has 0 N–H and O–H groups in total. The normalized spacial score (nSPS) is 41.3. The summed E-state index contributed by atoms with van der Waals surface area (Å²) in [6.07, 6.45) is 26.4. The van der Waals surface area contributed by atoms with E-state index in [1.54, 1.807) is 0 Å².